The second kappa shape index (κ2) is 10.1. The first-order valence-electron chi connectivity index (χ1n) is 6.09. The van der Waals surface area contributed by atoms with E-state index in [9.17, 15) is 4.79 Å². The van der Waals surface area contributed by atoms with Crippen LogP contribution in [0.3, 0.4) is 0 Å². The molecule has 0 fully saturated rings. The highest BCUT2D eigenvalue weighted by Gasteiger charge is 2.06. The Hall–Kier alpha value is -0.690. The third-order valence-electron chi connectivity index (χ3n) is 2.27. The number of hydrogen-bond acceptors (Lipinski definition) is 5. The maximum atomic E-state index is 11.6. The van der Waals surface area contributed by atoms with Crippen molar-refractivity contribution in [3.8, 4) is 0 Å². The quantitative estimate of drug-likeness (QED) is 0.527. The molecule has 5 nitrogen and oxygen atoms in total. The van der Waals surface area contributed by atoms with E-state index in [1.165, 1.54) is 11.3 Å². The van der Waals surface area contributed by atoms with Crippen LogP contribution in [0, 0.1) is 0 Å². The summed E-state index contributed by atoms with van der Waals surface area (Å²) in [5, 5.41) is 5.50. The van der Waals surface area contributed by atoms with E-state index in [1.807, 2.05) is 5.38 Å². The molecule has 108 valence electrons. The summed E-state index contributed by atoms with van der Waals surface area (Å²) in [5.41, 5.74) is 0.820. The lowest BCUT2D eigenvalue weighted by Gasteiger charge is -2.05. The van der Waals surface area contributed by atoms with Gasteiger partial charge in [0.25, 0.3) is 0 Å². The summed E-state index contributed by atoms with van der Waals surface area (Å²) in [6.07, 6.45) is 1.10. The molecule has 1 N–H and O–H groups in total. The molecule has 19 heavy (non-hydrogen) atoms. The average Bonchev–Trinajstić information content (AvgIpc) is 2.85. The van der Waals surface area contributed by atoms with Gasteiger partial charge >= 0.3 is 0 Å². The monoisotopic (exact) mass is 306 g/mol. The number of amides is 1. The molecule has 1 aromatic rings. The number of halogens is 1. The number of carbonyl (C=O) groups is 1. The maximum absolute atomic E-state index is 11.6. The largest absolute Gasteiger partial charge is 0.382 e. The topological polar surface area (TPSA) is 60.5 Å². The normalized spacial score (nSPS) is 10.6. The zero-order valence-electron chi connectivity index (χ0n) is 11.0. The molecule has 0 unspecified atom stereocenters. The Morgan fingerprint density at radius 1 is 1.47 bits per heavy atom. The molecule has 0 aliphatic rings. The van der Waals surface area contributed by atoms with Crippen molar-refractivity contribution in [2.24, 2.45) is 0 Å². The standard InChI is InChI=1S/C12H19ClN2O3S/c1-17-5-6-18-4-2-3-14-11(16)7-12-15-10(8-13)9-19-12/h9H,2-8H2,1H3,(H,14,16). The molecule has 7 heteroatoms. The Labute approximate surface area is 122 Å². The number of alkyl halides is 1. The predicted octanol–water partition coefficient (Wildman–Crippen LogP) is 1.59. The van der Waals surface area contributed by atoms with Gasteiger partial charge in [0.2, 0.25) is 5.91 Å². The van der Waals surface area contributed by atoms with Crippen LogP contribution in [0.2, 0.25) is 0 Å². The van der Waals surface area contributed by atoms with Crippen LogP contribution in [0.5, 0.6) is 0 Å². The van der Waals surface area contributed by atoms with E-state index in [2.05, 4.69) is 10.3 Å². The summed E-state index contributed by atoms with van der Waals surface area (Å²) in [5.74, 6) is 0.365. The number of ether oxygens (including phenoxy) is 2. The second-order valence-electron chi connectivity index (χ2n) is 3.85. The van der Waals surface area contributed by atoms with Gasteiger partial charge in [-0.05, 0) is 6.42 Å². The predicted molar refractivity (Wildman–Crippen MR) is 75.7 cm³/mol. The highest BCUT2D eigenvalue weighted by atomic mass is 35.5. The number of aromatic nitrogens is 1. The molecule has 1 heterocycles. The van der Waals surface area contributed by atoms with Crippen LogP contribution in [-0.4, -0.2) is 44.4 Å². The zero-order valence-corrected chi connectivity index (χ0v) is 12.6. The zero-order chi connectivity index (χ0) is 13.9. The minimum atomic E-state index is -0.0210. The summed E-state index contributed by atoms with van der Waals surface area (Å²) in [6, 6.07) is 0. The van der Waals surface area contributed by atoms with Crippen LogP contribution < -0.4 is 5.32 Å². The minimum Gasteiger partial charge on any atom is -0.382 e. The van der Waals surface area contributed by atoms with Crippen molar-refractivity contribution in [2.45, 2.75) is 18.7 Å². The van der Waals surface area contributed by atoms with Crippen LogP contribution in [-0.2, 0) is 26.6 Å². The van der Waals surface area contributed by atoms with E-state index >= 15 is 0 Å². The van der Waals surface area contributed by atoms with Gasteiger partial charge in [-0.2, -0.15) is 0 Å². The van der Waals surface area contributed by atoms with E-state index in [1.54, 1.807) is 7.11 Å². The van der Waals surface area contributed by atoms with Gasteiger partial charge in [0.05, 0.1) is 31.2 Å². The van der Waals surface area contributed by atoms with Gasteiger partial charge in [-0.25, -0.2) is 4.98 Å². The Morgan fingerprint density at radius 2 is 2.32 bits per heavy atom. The fraction of sp³-hybridized carbons (Fsp3) is 0.667. The molecule has 0 aromatic carbocycles. The molecule has 0 aliphatic carbocycles. The van der Waals surface area contributed by atoms with Crippen molar-refractivity contribution in [3.05, 3.63) is 16.1 Å². The van der Waals surface area contributed by atoms with Gasteiger partial charge in [-0.3, -0.25) is 4.79 Å². The van der Waals surface area contributed by atoms with Crippen molar-refractivity contribution in [1.82, 2.24) is 10.3 Å². The molecule has 0 spiro atoms. The van der Waals surface area contributed by atoms with Crippen molar-refractivity contribution >= 4 is 28.8 Å². The number of carbonyl (C=O) groups excluding carboxylic acids is 1. The molecule has 0 bridgehead atoms. The molecule has 0 saturated carbocycles. The van der Waals surface area contributed by atoms with Gasteiger partial charge in [0, 0.05) is 25.6 Å². The van der Waals surface area contributed by atoms with Gasteiger partial charge in [-0.1, -0.05) is 0 Å². The number of rotatable bonds is 10. The first-order chi connectivity index (χ1) is 9.26. The number of hydrogen-bond donors (Lipinski definition) is 1. The Balaban J connectivity index is 2.04. The number of thiazole rings is 1. The van der Waals surface area contributed by atoms with E-state index in [0.717, 1.165) is 17.1 Å². The Kier molecular flexibility index (Phi) is 8.73. The smallest absolute Gasteiger partial charge is 0.226 e. The fourth-order valence-electron chi connectivity index (χ4n) is 1.34. The van der Waals surface area contributed by atoms with Crippen LogP contribution in [0.25, 0.3) is 0 Å². The minimum absolute atomic E-state index is 0.0210. The second-order valence-corrected chi connectivity index (χ2v) is 5.06. The summed E-state index contributed by atoms with van der Waals surface area (Å²) >= 11 is 7.11. The highest BCUT2D eigenvalue weighted by Crippen LogP contribution is 2.11. The number of methoxy groups -OCH3 is 1. The lowest BCUT2D eigenvalue weighted by molar-refractivity contribution is -0.120. The summed E-state index contributed by atoms with van der Waals surface area (Å²) < 4.78 is 10.1. The first kappa shape index (κ1) is 16.4. The molecule has 1 aromatic heterocycles. The van der Waals surface area contributed by atoms with E-state index in [-0.39, 0.29) is 5.91 Å². The highest BCUT2D eigenvalue weighted by molar-refractivity contribution is 7.09. The lowest BCUT2D eigenvalue weighted by atomic mass is 10.4. The third kappa shape index (κ3) is 7.47. The van der Waals surface area contributed by atoms with Gasteiger partial charge in [-0.15, -0.1) is 22.9 Å². The average molecular weight is 307 g/mol. The first-order valence-corrected chi connectivity index (χ1v) is 7.50. The molecule has 1 amide bonds. The number of nitrogens with one attached hydrogen (secondary N) is 1. The summed E-state index contributed by atoms with van der Waals surface area (Å²) in [7, 11) is 1.64. The van der Waals surface area contributed by atoms with Crippen molar-refractivity contribution in [3.63, 3.8) is 0 Å². The van der Waals surface area contributed by atoms with Crippen LogP contribution in [0.15, 0.2) is 5.38 Å². The molecule has 0 saturated heterocycles. The Bertz CT molecular complexity index is 374. The molecular formula is C12H19ClN2O3S. The fourth-order valence-corrected chi connectivity index (χ4v) is 2.36. The van der Waals surface area contributed by atoms with Gasteiger partial charge < -0.3 is 14.8 Å². The third-order valence-corrected chi connectivity index (χ3v) is 3.44. The molecular weight excluding hydrogens is 288 g/mol. The van der Waals surface area contributed by atoms with Gasteiger partial charge in [0.1, 0.15) is 5.01 Å². The van der Waals surface area contributed by atoms with Crippen molar-refractivity contribution in [1.29, 1.82) is 0 Å². The van der Waals surface area contributed by atoms with E-state index in [0.29, 0.717) is 38.7 Å². The van der Waals surface area contributed by atoms with Gasteiger partial charge in [0.15, 0.2) is 0 Å². The lowest BCUT2D eigenvalue weighted by Crippen LogP contribution is -2.26. The molecule has 1 rings (SSSR count). The maximum Gasteiger partial charge on any atom is 0.226 e. The Morgan fingerprint density at radius 3 is 3.00 bits per heavy atom. The SMILES string of the molecule is COCCOCCCNC(=O)Cc1nc(CCl)cs1. The van der Waals surface area contributed by atoms with E-state index < -0.39 is 0 Å². The molecule has 0 radical (unpaired) electrons. The van der Waals surface area contributed by atoms with Crippen molar-refractivity contribution in [2.75, 3.05) is 33.5 Å². The summed E-state index contributed by atoms with van der Waals surface area (Å²) in [4.78, 5) is 15.8. The molecule has 0 aliphatic heterocycles. The van der Waals surface area contributed by atoms with E-state index in [4.69, 9.17) is 21.1 Å². The van der Waals surface area contributed by atoms with Crippen LogP contribution in [0.1, 0.15) is 17.1 Å². The van der Waals surface area contributed by atoms with Crippen LogP contribution in [0.4, 0.5) is 0 Å². The van der Waals surface area contributed by atoms with Crippen molar-refractivity contribution < 1.29 is 14.3 Å². The number of nitrogens with zero attached hydrogens (tertiary/aromatic N) is 1. The van der Waals surface area contributed by atoms with Crippen LogP contribution >= 0.6 is 22.9 Å². The summed E-state index contributed by atoms with van der Waals surface area (Å²) in [6.45, 7) is 2.42. The molecule has 0 atom stereocenters.